The predicted octanol–water partition coefficient (Wildman–Crippen LogP) is 2.09. The molecule has 130 valence electrons. The fourth-order valence-corrected chi connectivity index (χ4v) is 1.91. The van der Waals surface area contributed by atoms with Crippen LogP contribution in [-0.2, 0) is 22.7 Å². The van der Waals surface area contributed by atoms with Crippen molar-refractivity contribution in [3.05, 3.63) is 54.0 Å². The number of rotatable bonds is 7. The van der Waals surface area contributed by atoms with Crippen LogP contribution >= 0.6 is 24.0 Å². The van der Waals surface area contributed by atoms with Crippen molar-refractivity contribution in [1.29, 1.82) is 0 Å². The number of amides is 1. The second-order valence-electron chi connectivity index (χ2n) is 4.77. The molecule has 1 heterocycles. The maximum atomic E-state index is 11.7. The Balaban J connectivity index is 0.00000288. The molecule has 1 aromatic heterocycles. The van der Waals surface area contributed by atoms with E-state index >= 15 is 0 Å². The number of carbonyl (C=O) groups is 1. The molecule has 1 amide bonds. The largest absolute Gasteiger partial charge is 0.467 e. The van der Waals surface area contributed by atoms with E-state index in [1.54, 1.807) is 25.5 Å². The summed E-state index contributed by atoms with van der Waals surface area (Å²) in [5, 5.41) is 5.66. The molecule has 4 N–H and O–H groups in total. The SMILES string of the molecule is COCc1ccccc1NC(N)=NCC(=O)NCc1ccco1.I. The van der Waals surface area contributed by atoms with Crippen LogP contribution in [0.15, 0.2) is 52.1 Å². The van der Waals surface area contributed by atoms with Gasteiger partial charge in [-0.15, -0.1) is 24.0 Å². The van der Waals surface area contributed by atoms with Gasteiger partial charge in [0.1, 0.15) is 12.3 Å². The number of methoxy groups -OCH3 is 1. The number of furan rings is 1. The number of nitrogens with one attached hydrogen (secondary N) is 2. The summed E-state index contributed by atoms with van der Waals surface area (Å²) in [6.07, 6.45) is 1.55. The third-order valence-electron chi connectivity index (χ3n) is 3.01. The van der Waals surface area contributed by atoms with Gasteiger partial charge in [-0.2, -0.15) is 0 Å². The number of nitrogens with two attached hydrogens (primary N) is 1. The molecule has 7 nitrogen and oxygen atoms in total. The highest BCUT2D eigenvalue weighted by molar-refractivity contribution is 14.0. The van der Waals surface area contributed by atoms with Crippen molar-refractivity contribution in [3.8, 4) is 0 Å². The van der Waals surface area contributed by atoms with Crippen molar-refractivity contribution < 1.29 is 13.9 Å². The number of anilines is 1. The Labute approximate surface area is 157 Å². The summed E-state index contributed by atoms with van der Waals surface area (Å²) in [7, 11) is 1.62. The minimum Gasteiger partial charge on any atom is -0.467 e. The standard InChI is InChI=1S/C16H20N4O3.HI/c1-22-11-12-5-2-3-7-14(12)20-16(17)19-10-15(21)18-9-13-6-4-8-23-13;/h2-8H,9-11H2,1H3,(H,18,21)(H3,17,19,20);1H. The van der Waals surface area contributed by atoms with E-state index in [-0.39, 0.29) is 42.4 Å². The average molecular weight is 444 g/mol. The van der Waals surface area contributed by atoms with Crippen LogP contribution in [0.5, 0.6) is 0 Å². The number of aliphatic imine (C=N–C) groups is 1. The summed E-state index contributed by atoms with van der Waals surface area (Å²) in [4.78, 5) is 15.7. The van der Waals surface area contributed by atoms with Crippen LogP contribution < -0.4 is 16.4 Å². The van der Waals surface area contributed by atoms with Crippen molar-refractivity contribution in [2.45, 2.75) is 13.2 Å². The molecule has 0 spiro atoms. The van der Waals surface area contributed by atoms with E-state index in [0.29, 0.717) is 18.9 Å². The summed E-state index contributed by atoms with van der Waals surface area (Å²) < 4.78 is 10.2. The van der Waals surface area contributed by atoms with Gasteiger partial charge in [-0.05, 0) is 18.2 Å². The van der Waals surface area contributed by atoms with E-state index in [2.05, 4.69) is 15.6 Å². The fourth-order valence-electron chi connectivity index (χ4n) is 1.91. The first kappa shape index (κ1) is 20.0. The number of hydrogen-bond donors (Lipinski definition) is 3. The number of para-hydroxylation sites is 1. The highest BCUT2D eigenvalue weighted by atomic mass is 127. The third kappa shape index (κ3) is 6.59. The molecule has 1 aromatic carbocycles. The number of hydrogen-bond acceptors (Lipinski definition) is 4. The Bertz CT molecular complexity index is 659. The molecule has 8 heteroatoms. The van der Waals surface area contributed by atoms with E-state index in [0.717, 1.165) is 11.3 Å². The highest BCUT2D eigenvalue weighted by Gasteiger charge is 2.04. The summed E-state index contributed by atoms with van der Waals surface area (Å²) >= 11 is 0. The van der Waals surface area contributed by atoms with E-state index in [1.807, 2.05) is 24.3 Å². The fraction of sp³-hybridized carbons (Fsp3) is 0.250. The summed E-state index contributed by atoms with van der Waals surface area (Å²) in [5.74, 6) is 0.611. The first-order valence-corrected chi connectivity index (χ1v) is 7.12. The number of nitrogens with zero attached hydrogens (tertiary/aromatic N) is 1. The molecule has 0 aliphatic rings. The topological polar surface area (TPSA) is 102 Å². The molecule has 0 saturated carbocycles. The Morgan fingerprint density at radius 3 is 2.79 bits per heavy atom. The lowest BCUT2D eigenvalue weighted by Crippen LogP contribution is -2.29. The summed E-state index contributed by atoms with van der Waals surface area (Å²) in [6, 6.07) is 11.1. The van der Waals surface area contributed by atoms with Crippen LogP contribution in [0, 0.1) is 0 Å². The van der Waals surface area contributed by atoms with Crippen LogP contribution in [0.1, 0.15) is 11.3 Å². The molecule has 24 heavy (non-hydrogen) atoms. The quantitative estimate of drug-likeness (QED) is 0.345. The molecular formula is C16H21IN4O3. The van der Waals surface area contributed by atoms with Gasteiger partial charge in [0.05, 0.1) is 19.4 Å². The van der Waals surface area contributed by atoms with Gasteiger partial charge in [-0.1, -0.05) is 18.2 Å². The monoisotopic (exact) mass is 444 g/mol. The van der Waals surface area contributed by atoms with Crippen LogP contribution in [0.25, 0.3) is 0 Å². The third-order valence-corrected chi connectivity index (χ3v) is 3.01. The minimum absolute atomic E-state index is 0. The predicted molar refractivity (Wildman–Crippen MR) is 103 cm³/mol. The van der Waals surface area contributed by atoms with Gasteiger partial charge in [0.25, 0.3) is 0 Å². The van der Waals surface area contributed by atoms with Crippen LogP contribution in [0.3, 0.4) is 0 Å². The highest BCUT2D eigenvalue weighted by Crippen LogP contribution is 2.15. The zero-order valence-corrected chi connectivity index (χ0v) is 15.7. The van der Waals surface area contributed by atoms with Gasteiger partial charge in [0.15, 0.2) is 5.96 Å². The lowest BCUT2D eigenvalue weighted by atomic mass is 10.2. The summed E-state index contributed by atoms with van der Waals surface area (Å²) in [6.45, 7) is 0.720. The van der Waals surface area contributed by atoms with Crippen LogP contribution in [0.4, 0.5) is 5.69 Å². The van der Waals surface area contributed by atoms with Gasteiger partial charge in [-0.3, -0.25) is 4.79 Å². The first-order valence-electron chi connectivity index (χ1n) is 7.12. The lowest BCUT2D eigenvalue weighted by Gasteiger charge is -2.10. The van der Waals surface area contributed by atoms with Gasteiger partial charge >= 0.3 is 0 Å². The first-order chi connectivity index (χ1) is 11.2. The van der Waals surface area contributed by atoms with Gasteiger partial charge in [0, 0.05) is 18.4 Å². The number of carbonyl (C=O) groups excluding carboxylic acids is 1. The normalized spacial score (nSPS) is 10.8. The van der Waals surface area contributed by atoms with Crippen LogP contribution in [0.2, 0.25) is 0 Å². The van der Waals surface area contributed by atoms with E-state index in [1.165, 1.54) is 0 Å². The number of benzene rings is 1. The lowest BCUT2D eigenvalue weighted by molar-refractivity contribution is -0.119. The molecule has 0 unspecified atom stereocenters. The Hall–Kier alpha value is -2.07. The molecular weight excluding hydrogens is 423 g/mol. The zero-order valence-electron chi connectivity index (χ0n) is 13.3. The smallest absolute Gasteiger partial charge is 0.242 e. The molecule has 0 aliphatic heterocycles. The van der Waals surface area contributed by atoms with Crippen molar-refractivity contribution in [2.75, 3.05) is 19.0 Å². The van der Waals surface area contributed by atoms with Crippen molar-refractivity contribution in [2.24, 2.45) is 10.7 Å². The minimum atomic E-state index is -0.240. The van der Waals surface area contributed by atoms with Gasteiger partial charge in [0.2, 0.25) is 5.91 Å². The zero-order chi connectivity index (χ0) is 16.5. The van der Waals surface area contributed by atoms with E-state index in [4.69, 9.17) is 14.9 Å². The van der Waals surface area contributed by atoms with E-state index in [9.17, 15) is 4.79 Å². The number of ether oxygens (including phenoxy) is 1. The number of guanidine groups is 1. The Kier molecular flexibility index (Phi) is 8.87. The van der Waals surface area contributed by atoms with Gasteiger partial charge in [-0.25, -0.2) is 4.99 Å². The molecule has 0 radical (unpaired) electrons. The maximum absolute atomic E-state index is 11.7. The second kappa shape index (κ2) is 10.7. The Morgan fingerprint density at radius 2 is 2.08 bits per heavy atom. The van der Waals surface area contributed by atoms with Gasteiger partial charge < -0.3 is 25.5 Å². The molecule has 2 rings (SSSR count). The molecule has 0 fully saturated rings. The van der Waals surface area contributed by atoms with Crippen molar-refractivity contribution in [3.63, 3.8) is 0 Å². The molecule has 0 saturated heterocycles. The second-order valence-corrected chi connectivity index (χ2v) is 4.77. The summed E-state index contributed by atoms with van der Waals surface area (Å²) in [5.41, 5.74) is 7.56. The molecule has 0 atom stereocenters. The number of halogens is 1. The molecule has 2 aromatic rings. The Morgan fingerprint density at radius 1 is 1.29 bits per heavy atom. The van der Waals surface area contributed by atoms with Crippen LogP contribution in [-0.4, -0.2) is 25.5 Å². The van der Waals surface area contributed by atoms with Crippen molar-refractivity contribution in [1.82, 2.24) is 5.32 Å². The average Bonchev–Trinajstić information content (AvgIpc) is 3.06. The molecule has 0 bridgehead atoms. The van der Waals surface area contributed by atoms with Crippen molar-refractivity contribution >= 4 is 41.5 Å². The maximum Gasteiger partial charge on any atom is 0.242 e. The molecule has 0 aliphatic carbocycles. The van der Waals surface area contributed by atoms with E-state index < -0.39 is 0 Å².